The van der Waals surface area contributed by atoms with Crippen LogP contribution in [0.25, 0.3) is 0 Å². The average Bonchev–Trinajstić information content (AvgIpc) is 3.13. The first-order chi connectivity index (χ1) is 12.6. The quantitative estimate of drug-likeness (QED) is 0.318. The molecule has 2 saturated heterocycles. The number of morpholine rings is 1. The molecule has 6 nitrogen and oxygen atoms in total. The van der Waals surface area contributed by atoms with Crippen LogP contribution in [0.4, 0.5) is 0 Å². The third-order valence-corrected chi connectivity index (χ3v) is 5.80. The van der Waals surface area contributed by atoms with Crippen LogP contribution in [0.5, 0.6) is 0 Å². The van der Waals surface area contributed by atoms with Crippen LogP contribution in [-0.4, -0.2) is 98.8 Å². The molecule has 0 radical (unpaired) electrons. The number of halogens is 1. The van der Waals surface area contributed by atoms with Crippen LogP contribution in [0.3, 0.4) is 0 Å². The van der Waals surface area contributed by atoms with Crippen molar-refractivity contribution in [3.05, 3.63) is 0 Å². The Morgan fingerprint density at radius 3 is 2.41 bits per heavy atom. The second-order valence-electron chi connectivity index (χ2n) is 7.97. The minimum atomic E-state index is 0. The van der Waals surface area contributed by atoms with Crippen LogP contribution in [-0.2, 0) is 4.74 Å². The summed E-state index contributed by atoms with van der Waals surface area (Å²) in [5, 5.41) is 3.68. The summed E-state index contributed by atoms with van der Waals surface area (Å²) in [6.45, 7) is 18.4. The highest BCUT2D eigenvalue weighted by atomic mass is 127. The van der Waals surface area contributed by atoms with Crippen LogP contribution in [0.15, 0.2) is 4.99 Å². The molecule has 0 spiro atoms. The second-order valence-corrected chi connectivity index (χ2v) is 7.97. The molecule has 2 heterocycles. The summed E-state index contributed by atoms with van der Waals surface area (Å²) >= 11 is 0. The summed E-state index contributed by atoms with van der Waals surface area (Å²) in [6, 6.07) is 1.21. The van der Waals surface area contributed by atoms with Crippen LogP contribution in [0.2, 0.25) is 0 Å². The fraction of sp³-hybridized carbons (Fsp3) is 0.950. The molecule has 0 aliphatic carbocycles. The Bertz CT molecular complexity index is 425. The Kier molecular flexibility index (Phi) is 12.2. The van der Waals surface area contributed by atoms with E-state index in [1.54, 1.807) is 0 Å². The number of hydrogen-bond acceptors (Lipinski definition) is 4. The van der Waals surface area contributed by atoms with Gasteiger partial charge >= 0.3 is 0 Å². The molecule has 0 bridgehead atoms. The zero-order valence-corrected chi connectivity index (χ0v) is 20.4. The van der Waals surface area contributed by atoms with Crippen molar-refractivity contribution in [2.75, 3.05) is 66.1 Å². The van der Waals surface area contributed by atoms with E-state index in [0.717, 1.165) is 65.0 Å². The van der Waals surface area contributed by atoms with E-state index in [0.29, 0.717) is 18.0 Å². The van der Waals surface area contributed by atoms with Gasteiger partial charge in [-0.25, -0.2) is 0 Å². The number of nitrogens with zero attached hydrogens (tertiary/aromatic N) is 4. The van der Waals surface area contributed by atoms with E-state index < -0.39 is 0 Å². The van der Waals surface area contributed by atoms with Crippen molar-refractivity contribution in [2.24, 2.45) is 10.9 Å². The molecular weight excluding hydrogens is 453 g/mol. The highest BCUT2D eigenvalue weighted by Gasteiger charge is 2.30. The molecule has 2 rings (SSSR count). The second kappa shape index (κ2) is 13.2. The van der Waals surface area contributed by atoms with Crippen molar-refractivity contribution in [2.45, 2.75) is 52.6 Å². The number of nitrogens with one attached hydrogen (secondary N) is 1. The van der Waals surface area contributed by atoms with Gasteiger partial charge in [0.2, 0.25) is 0 Å². The fourth-order valence-corrected chi connectivity index (χ4v) is 4.36. The van der Waals surface area contributed by atoms with E-state index in [-0.39, 0.29) is 24.0 Å². The summed E-state index contributed by atoms with van der Waals surface area (Å²) in [5.74, 6) is 1.78. The van der Waals surface area contributed by atoms with Gasteiger partial charge in [0.25, 0.3) is 0 Å². The highest BCUT2D eigenvalue weighted by molar-refractivity contribution is 14.0. The Hall–Kier alpha value is -0.120. The van der Waals surface area contributed by atoms with E-state index in [4.69, 9.17) is 4.74 Å². The monoisotopic (exact) mass is 495 g/mol. The maximum absolute atomic E-state index is 5.50. The summed E-state index contributed by atoms with van der Waals surface area (Å²) in [7, 11) is 1.92. The van der Waals surface area contributed by atoms with Gasteiger partial charge in [-0.3, -0.25) is 14.8 Å². The van der Waals surface area contributed by atoms with Gasteiger partial charge in [0, 0.05) is 51.9 Å². The smallest absolute Gasteiger partial charge is 0.193 e. The molecule has 27 heavy (non-hydrogen) atoms. The molecule has 0 aromatic rings. The molecule has 7 heteroatoms. The van der Waals surface area contributed by atoms with Crippen LogP contribution >= 0.6 is 24.0 Å². The fourth-order valence-electron chi connectivity index (χ4n) is 4.36. The lowest BCUT2D eigenvalue weighted by Crippen LogP contribution is -2.49. The van der Waals surface area contributed by atoms with Gasteiger partial charge in [-0.15, -0.1) is 24.0 Å². The lowest BCUT2D eigenvalue weighted by atomic mass is 10.0. The van der Waals surface area contributed by atoms with Crippen molar-refractivity contribution >= 4 is 29.9 Å². The zero-order valence-electron chi connectivity index (χ0n) is 18.1. The van der Waals surface area contributed by atoms with E-state index in [9.17, 15) is 0 Å². The molecule has 1 N–H and O–H groups in total. The van der Waals surface area contributed by atoms with E-state index >= 15 is 0 Å². The van der Waals surface area contributed by atoms with Gasteiger partial charge in [0.1, 0.15) is 0 Å². The van der Waals surface area contributed by atoms with Gasteiger partial charge in [-0.2, -0.15) is 0 Å². The van der Waals surface area contributed by atoms with Gasteiger partial charge in [0.05, 0.1) is 13.2 Å². The average molecular weight is 495 g/mol. The molecular formula is C20H42IN5O. The number of aliphatic imine (C=N–C) groups is 1. The number of hydrogen-bond donors (Lipinski definition) is 1. The molecule has 0 aromatic carbocycles. The first-order valence-electron chi connectivity index (χ1n) is 10.6. The Morgan fingerprint density at radius 1 is 1.19 bits per heavy atom. The number of guanidine groups is 1. The van der Waals surface area contributed by atoms with Crippen LogP contribution < -0.4 is 5.32 Å². The summed E-state index contributed by atoms with van der Waals surface area (Å²) in [5.41, 5.74) is 0. The molecule has 160 valence electrons. The van der Waals surface area contributed by atoms with Crippen molar-refractivity contribution in [1.82, 2.24) is 20.0 Å². The van der Waals surface area contributed by atoms with Gasteiger partial charge in [-0.05, 0) is 31.8 Å². The van der Waals surface area contributed by atoms with Crippen molar-refractivity contribution in [3.63, 3.8) is 0 Å². The standard InChI is InChI=1S/C20H41N5O.HI/c1-6-23(7-2)19(14-17(3)4)15-22-20(21-5)25-9-8-18(16-25)24-10-12-26-13-11-24;/h17-19H,6-16H2,1-5H3,(H,21,22);1H. The maximum Gasteiger partial charge on any atom is 0.193 e. The minimum absolute atomic E-state index is 0. The molecule has 2 aliphatic heterocycles. The summed E-state index contributed by atoms with van der Waals surface area (Å²) in [6.07, 6.45) is 2.45. The molecule has 2 aliphatic rings. The van der Waals surface area contributed by atoms with E-state index in [1.165, 1.54) is 12.8 Å². The minimum Gasteiger partial charge on any atom is -0.379 e. The molecule has 0 amide bonds. The van der Waals surface area contributed by atoms with Crippen LogP contribution in [0.1, 0.15) is 40.5 Å². The summed E-state index contributed by atoms with van der Waals surface area (Å²) < 4.78 is 5.50. The van der Waals surface area contributed by atoms with E-state index in [2.05, 4.69) is 52.7 Å². The number of likely N-dealkylation sites (tertiary alicyclic amines) is 1. The summed E-state index contributed by atoms with van der Waals surface area (Å²) in [4.78, 5) is 12.2. The normalized spacial score (nSPS) is 23.0. The molecule has 0 saturated carbocycles. The number of likely N-dealkylation sites (N-methyl/N-ethyl adjacent to an activating group) is 1. The largest absolute Gasteiger partial charge is 0.379 e. The van der Waals surface area contributed by atoms with Crippen molar-refractivity contribution in [1.29, 1.82) is 0 Å². The predicted molar refractivity (Wildman–Crippen MR) is 125 cm³/mol. The number of rotatable bonds is 8. The van der Waals surface area contributed by atoms with Gasteiger partial charge in [0.15, 0.2) is 5.96 Å². The van der Waals surface area contributed by atoms with E-state index in [1.807, 2.05) is 7.05 Å². The molecule has 2 fully saturated rings. The van der Waals surface area contributed by atoms with Crippen LogP contribution in [0, 0.1) is 5.92 Å². The first-order valence-corrected chi connectivity index (χ1v) is 10.6. The third-order valence-electron chi connectivity index (χ3n) is 5.80. The lowest BCUT2D eigenvalue weighted by Gasteiger charge is -2.33. The molecule has 2 atom stereocenters. The van der Waals surface area contributed by atoms with Crippen molar-refractivity contribution in [3.8, 4) is 0 Å². The Labute approximate surface area is 184 Å². The maximum atomic E-state index is 5.50. The molecule has 2 unspecified atom stereocenters. The third kappa shape index (κ3) is 7.66. The predicted octanol–water partition coefficient (Wildman–Crippen LogP) is 2.34. The highest BCUT2D eigenvalue weighted by Crippen LogP contribution is 2.17. The lowest BCUT2D eigenvalue weighted by molar-refractivity contribution is 0.0194. The Morgan fingerprint density at radius 2 is 1.85 bits per heavy atom. The number of ether oxygens (including phenoxy) is 1. The first kappa shape index (κ1) is 24.9. The van der Waals surface area contributed by atoms with Gasteiger partial charge < -0.3 is 15.0 Å². The molecule has 0 aromatic heterocycles. The topological polar surface area (TPSA) is 43.3 Å². The van der Waals surface area contributed by atoms with Crippen molar-refractivity contribution < 1.29 is 4.74 Å². The Balaban J connectivity index is 0.00000364. The van der Waals surface area contributed by atoms with Gasteiger partial charge in [-0.1, -0.05) is 27.7 Å². The zero-order chi connectivity index (χ0) is 18.9. The SMILES string of the molecule is CCN(CC)C(CNC(=NC)N1CCC(N2CCOCC2)C1)CC(C)C.I.